The van der Waals surface area contributed by atoms with Crippen molar-refractivity contribution in [2.45, 2.75) is 58.4 Å². The monoisotopic (exact) mass is 621 g/mol. The van der Waals surface area contributed by atoms with Crippen LogP contribution in [-0.4, -0.2) is 33.3 Å². The standard InChI is InChI=1S/C32H29F6NO5/c1-17-20(6-4-7-24(40)41)26-23(33)13-12-21(32(26)39(17)15-14-25(42)43)18-8-10-19(11-9-18)44-16-3-2-5-22-27(34)29(36)31(38)30(37)28(22)35/h8-13H,2-7,14-16H2,1H3,(H,40,41)(H,42,43). The normalized spacial score (nSPS) is 11.3. The highest BCUT2D eigenvalue weighted by Crippen LogP contribution is 2.37. The van der Waals surface area contributed by atoms with Crippen LogP contribution >= 0.6 is 0 Å². The van der Waals surface area contributed by atoms with Gasteiger partial charge in [-0.1, -0.05) is 12.1 Å². The number of ether oxygens (including phenoxy) is 1. The molecule has 2 N–H and O–H groups in total. The number of fused-ring (bicyclic) bond motifs is 1. The van der Waals surface area contributed by atoms with Gasteiger partial charge in [0.05, 0.1) is 18.5 Å². The number of halogens is 6. The minimum Gasteiger partial charge on any atom is -0.494 e. The number of hydrogen-bond donors (Lipinski definition) is 2. The highest BCUT2D eigenvalue weighted by molar-refractivity contribution is 5.98. The molecular formula is C32H29F6NO5. The van der Waals surface area contributed by atoms with E-state index in [-0.39, 0.29) is 51.7 Å². The van der Waals surface area contributed by atoms with Crippen LogP contribution in [0.1, 0.15) is 48.9 Å². The molecule has 0 bridgehead atoms. The van der Waals surface area contributed by atoms with Crippen molar-refractivity contribution in [2.24, 2.45) is 0 Å². The second kappa shape index (κ2) is 13.9. The fraction of sp³-hybridized carbons (Fsp3) is 0.312. The number of carbonyl (C=O) groups is 2. The largest absolute Gasteiger partial charge is 0.494 e. The van der Waals surface area contributed by atoms with E-state index in [4.69, 9.17) is 9.84 Å². The van der Waals surface area contributed by atoms with Gasteiger partial charge in [-0.05, 0) is 74.4 Å². The summed E-state index contributed by atoms with van der Waals surface area (Å²) >= 11 is 0. The third-order valence-electron chi connectivity index (χ3n) is 7.46. The Kier molecular flexibility index (Phi) is 10.2. The minimum atomic E-state index is -2.20. The van der Waals surface area contributed by atoms with Gasteiger partial charge < -0.3 is 19.5 Å². The number of carboxylic acid groups (broad SMARTS) is 2. The van der Waals surface area contributed by atoms with Crippen molar-refractivity contribution in [3.05, 3.63) is 88.1 Å². The molecule has 1 heterocycles. The number of hydrogen-bond acceptors (Lipinski definition) is 3. The van der Waals surface area contributed by atoms with Gasteiger partial charge in [-0.25, -0.2) is 26.3 Å². The van der Waals surface area contributed by atoms with Crippen molar-refractivity contribution in [1.82, 2.24) is 4.57 Å². The molecule has 0 amide bonds. The summed E-state index contributed by atoms with van der Waals surface area (Å²) in [5.41, 5.74) is 2.22. The second-order valence-corrected chi connectivity index (χ2v) is 10.3. The van der Waals surface area contributed by atoms with Crippen LogP contribution in [0, 0.1) is 41.8 Å². The fourth-order valence-electron chi connectivity index (χ4n) is 5.28. The quantitative estimate of drug-likeness (QED) is 0.0651. The number of nitrogens with zero attached hydrogens (tertiary/aromatic N) is 1. The number of benzene rings is 3. The van der Waals surface area contributed by atoms with Gasteiger partial charge in [0.2, 0.25) is 5.82 Å². The van der Waals surface area contributed by atoms with Gasteiger partial charge in [-0.2, -0.15) is 0 Å². The molecule has 0 atom stereocenters. The number of rotatable bonds is 14. The van der Waals surface area contributed by atoms with E-state index in [0.717, 1.165) is 0 Å². The van der Waals surface area contributed by atoms with E-state index in [1.165, 1.54) is 6.07 Å². The Balaban J connectivity index is 1.51. The maximum atomic E-state index is 15.2. The van der Waals surface area contributed by atoms with E-state index in [0.29, 0.717) is 45.5 Å². The molecular weight excluding hydrogens is 592 g/mol. The average molecular weight is 622 g/mol. The van der Waals surface area contributed by atoms with E-state index in [1.807, 2.05) is 0 Å². The Labute approximate surface area is 248 Å². The van der Waals surface area contributed by atoms with Crippen LogP contribution in [0.25, 0.3) is 22.0 Å². The SMILES string of the molecule is Cc1c(CCCC(=O)O)c2c(F)ccc(-c3ccc(OCCCCc4c(F)c(F)c(F)c(F)c4F)cc3)c2n1CCC(=O)O. The third kappa shape index (κ3) is 6.84. The van der Waals surface area contributed by atoms with Crippen molar-refractivity contribution < 1.29 is 50.9 Å². The van der Waals surface area contributed by atoms with Crippen LogP contribution < -0.4 is 4.74 Å². The summed E-state index contributed by atoms with van der Waals surface area (Å²) in [6.07, 6.45) is 0.283. The van der Waals surface area contributed by atoms with Gasteiger partial charge >= 0.3 is 11.9 Å². The zero-order valence-electron chi connectivity index (χ0n) is 23.7. The molecule has 0 fully saturated rings. The van der Waals surface area contributed by atoms with Crippen LogP contribution in [0.4, 0.5) is 26.3 Å². The number of carboxylic acids is 2. The summed E-state index contributed by atoms with van der Waals surface area (Å²) in [5.74, 6) is -11.9. The Morgan fingerprint density at radius 3 is 1.93 bits per heavy atom. The van der Waals surface area contributed by atoms with Gasteiger partial charge in [0.25, 0.3) is 0 Å². The smallest absolute Gasteiger partial charge is 0.305 e. The zero-order chi connectivity index (χ0) is 32.1. The summed E-state index contributed by atoms with van der Waals surface area (Å²) in [5, 5.41) is 18.7. The van der Waals surface area contributed by atoms with Gasteiger partial charge in [-0.3, -0.25) is 9.59 Å². The number of aromatic nitrogens is 1. The molecule has 0 aliphatic carbocycles. The highest BCUT2D eigenvalue weighted by Gasteiger charge is 2.25. The summed E-state index contributed by atoms with van der Waals surface area (Å²) in [6, 6.07) is 9.66. The molecule has 234 valence electrons. The van der Waals surface area contributed by atoms with Crippen LogP contribution in [-0.2, 0) is 29.0 Å². The van der Waals surface area contributed by atoms with Crippen LogP contribution in [0.15, 0.2) is 36.4 Å². The molecule has 12 heteroatoms. The molecule has 4 rings (SSSR count). The summed E-state index contributed by atoms with van der Waals surface area (Å²) in [4.78, 5) is 22.4. The Morgan fingerprint density at radius 2 is 1.32 bits per heavy atom. The Hall–Kier alpha value is -4.48. The molecule has 4 aromatic rings. The van der Waals surface area contributed by atoms with Gasteiger partial charge in [0, 0.05) is 35.2 Å². The second-order valence-electron chi connectivity index (χ2n) is 10.3. The van der Waals surface area contributed by atoms with Crippen molar-refractivity contribution in [1.29, 1.82) is 0 Å². The molecule has 3 aromatic carbocycles. The molecule has 44 heavy (non-hydrogen) atoms. The molecule has 0 saturated carbocycles. The molecule has 0 spiro atoms. The highest BCUT2D eigenvalue weighted by atomic mass is 19.2. The predicted octanol–water partition coefficient (Wildman–Crippen LogP) is 7.74. The van der Waals surface area contributed by atoms with Crippen LogP contribution in [0.5, 0.6) is 5.75 Å². The van der Waals surface area contributed by atoms with Crippen molar-refractivity contribution in [2.75, 3.05) is 6.61 Å². The third-order valence-corrected chi connectivity index (χ3v) is 7.46. The maximum Gasteiger partial charge on any atom is 0.305 e. The first-order valence-corrected chi connectivity index (χ1v) is 13.9. The molecule has 6 nitrogen and oxygen atoms in total. The lowest BCUT2D eigenvalue weighted by atomic mass is 9.99. The lowest BCUT2D eigenvalue weighted by Crippen LogP contribution is -2.08. The number of aryl methyl sites for hydroxylation is 2. The minimum absolute atomic E-state index is 0.0826. The van der Waals surface area contributed by atoms with Crippen molar-refractivity contribution in [3.63, 3.8) is 0 Å². The zero-order valence-corrected chi connectivity index (χ0v) is 23.7. The van der Waals surface area contributed by atoms with Gasteiger partial charge in [-0.15, -0.1) is 0 Å². The summed E-state index contributed by atoms with van der Waals surface area (Å²) < 4.78 is 90.4. The molecule has 0 unspecified atom stereocenters. The van der Waals surface area contributed by atoms with E-state index < -0.39 is 52.4 Å². The molecule has 0 saturated heterocycles. The summed E-state index contributed by atoms with van der Waals surface area (Å²) in [7, 11) is 0. The van der Waals surface area contributed by atoms with E-state index in [1.54, 1.807) is 41.8 Å². The van der Waals surface area contributed by atoms with Gasteiger partial charge in [0.15, 0.2) is 23.3 Å². The molecule has 0 radical (unpaired) electrons. The number of unbranched alkanes of at least 4 members (excludes halogenated alkanes) is 1. The first-order valence-electron chi connectivity index (χ1n) is 13.9. The number of aliphatic carboxylic acids is 2. The van der Waals surface area contributed by atoms with Crippen LogP contribution in [0.3, 0.4) is 0 Å². The maximum absolute atomic E-state index is 15.2. The van der Waals surface area contributed by atoms with E-state index in [2.05, 4.69) is 0 Å². The lowest BCUT2D eigenvalue weighted by molar-refractivity contribution is -0.138. The van der Waals surface area contributed by atoms with E-state index >= 15 is 4.39 Å². The van der Waals surface area contributed by atoms with Crippen LogP contribution in [0.2, 0.25) is 0 Å². The Morgan fingerprint density at radius 1 is 0.727 bits per heavy atom. The molecule has 0 aliphatic rings. The Bertz CT molecular complexity index is 1670. The molecule has 1 aromatic heterocycles. The average Bonchev–Trinajstić information content (AvgIpc) is 3.27. The topological polar surface area (TPSA) is 88.8 Å². The molecule has 0 aliphatic heterocycles. The first-order chi connectivity index (χ1) is 20.9. The first kappa shape index (κ1) is 32.4. The predicted molar refractivity (Wildman–Crippen MR) is 150 cm³/mol. The van der Waals surface area contributed by atoms with Crippen molar-refractivity contribution >= 4 is 22.8 Å². The van der Waals surface area contributed by atoms with Gasteiger partial charge in [0.1, 0.15) is 11.6 Å². The summed E-state index contributed by atoms with van der Waals surface area (Å²) in [6.45, 7) is 1.94. The fourth-order valence-corrected chi connectivity index (χ4v) is 5.28. The lowest BCUT2D eigenvalue weighted by Gasteiger charge is -2.12. The van der Waals surface area contributed by atoms with Crippen molar-refractivity contribution in [3.8, 4) is 16.9 Å². The van der Waals surface area contributed by atoms with E-state index in [9.17, 15) is 36.6 Å².